The van der Waals surface area contributed by atoms with Gasteiger partial charge in [0.1, 0.15) is 5.75 Å². The lowest BCUT2D eigenvalue weighted by molar-refractivity contribution is 0.489. The van der Waals surface area contributed by atoms with E-state index in [0.717, 1.165) is 16.8 Å². The number of aryl methyl sites for hydroxylation is 1. The molecule has 1 heterocycles. The molecule has 1 aromatic rings. The minimum Gasteiger partial charge on any atom is -0.542 e. The van der Waals surface area contributed by atoms with Crippen molar-refractivity contribution >= 4 is 24.2 Å². The second-order valence-corrected chi connectivity index (χ2v) is 11.2. The molecule has 0 saturated heterocycles. The van der Waals surface area contributed by atoms with E-state index < -0.39 is 8.32 Å². The number of hydrogen-bond donors (Lipinski definition) is 0. The summed E-state index contributed by atoms with van der Waals surface area (Å²) in [6.07, 6.45) is 1.84. The normalized spacial score (nSPS) is 12.6. The van der Waals surface area contributed by atoms with Gasteiger partial charge in [-0.05, 0) is 36.7 Å². The standard InChI is InChI=1S/C13H22BrNOSi/c1-10-11(8-14)7-12(9-15-10)16-17(5,6)13(2,3)4/h7,9H,8H2,1-6H3. The lowest BCUT2D eigenvalue weighted by Gasteiger charge is -2.36. The van der Waals surface area contributed by atoms with Crippen molar-refractivity contribution in [2.24, 2.45) is 0 Å². The third-order valence-corrected chi connectivity index (χ3v) is 8.45. The molecule has 1 aromatic heterocycles. The monoisotopic (exact) mass is 315 g/mol. The Morgan fingerprint density at radius 3 is 2.41 bits per heavy atom. The Morgan fingerprint density at radius 2 is 1.94 bits per heavy atom. The van der Waals surface area contributed by atoms with Gasteiger partial charge in [0, 0.05) is 11.0 Å². The van der Waals surface area contributed by atoms with Crippen molar-refractivity contribution in [3.63, 3.8) is 0 Å². The fraction of sp³-hybridized carbons (Fsp3) is 0.615. The predicted molar refractivity (Wildman–Crippen MR) is 79.4 cm³/mol. The molecule has 0 aliphatic rings. The molecule has 0 N–H and O–H groups in total. The van der Waals surface area contributed by atoms with Crippen LogP contribution in [0.4, 0.5) is 0 Å². The first-order chi connectivity index (χ1) is 7.67. The van der Waals surface area contributed by atoms with E-state index >= 15 is 0 Å². The highest BCUT2D eigenvalue weighted by Gasteiger charge is 2.39. The largest absolute Gasteiger partial charge is 0.542 e. The van der Waals surface area contributed by atoms with E-state index in [-0.39, 0.29) is 5.04 Å². The molecule has 0 aliphatic carbocycles. The molecule has 0 aliphatic heterocycles. The Bertz CT molecular complexity index is 399. The molecular formula is C13H22BrNOSi. The fourth-order valence-electron chi connectivity index (χ4n) is 1.20. The Labute approximate surface area is 114 Å². The molecule has 96 valence electrons. The number of nitrogens with zero attached hydrogens (tertiary/aromatic N) is 1. The molecule has 0 atom stereocenters. The van der Waals surface area contributed by atoms with Gasteiger partial charge in [-0.3, -0.25) is 4.98 Å². The number of halogens is 1. The number of aromatic nitrogens is 1. The van der Waals surface area contributed by atoms with Crippen LogP contribution >= 0.6 is 15.9 Å². The Morgan fingerprint density at radius 1 is 1.35 bits per heavy atom. The lowest BCUT2D eigenvalue weighted by atomic mass is 10.2. The van der Waals surface area contributed by atoms with Crippen molar-refractivity contribution in [2.45, 2.75) is 51.2 Å². The van der Waals surface area contributed by atoms with Crippen molar-refractivity contribution < 1.29 is 4.43 Å². The number of hydrogen-bond acceptors (Lipinski definition) is 2. The van der Waals surface area contributed by atoms with Gasteiger partial charge in [0.15, 0.2) is 0 Å². The third-order valence-electron chi connectivity index (χ3n) is 3.49. The van der Waals surface area contributed by atoms with Crippen LogP contribution in [0, 0.1) is 6.92 Å². The van der Waals surface area contributed by atoms with Crippen LogP contribution in [-0.2, 0) is 5.33 Å². The number of alkyl halides is 1. The summed E-state index contributed by atoms with van der Waals surface area (Å²) in [4.78, 5) is 4.38. The zero-order chi connectivity index (χ0) is 13.3. The summed E-state index contributed by atoms with van der Waals surface area (Å²) < 4.78 is 6.22. The smallest absolute Gasteiger partial charge is 0.250 e. The van der Waals surface area contributed by atoms with Crippen LogP contribution in [0.15, 0.2) is 12.3 Å². The SMILES string of the molecule is Cc1ncc(O[Si](C)(C)C(C)(C)C)cc1CBr. The molecule has 0 aromatic carbocycles. The first-order valence-electron chi connectivity index (χ1n) is 5.88. The van der Waals surface area contributed by atoms with E-state index in [0.29, 0.717) is 0 Å². The van der Waals surface area contributed by atoms with Crippen LogP contribution in [0.1, 0.15) is 32.0 Å². The van der Waals surface area contributed by atoms with Crippen LogP contribution in [0.3, 0.4) is 0 Å². The second-order valence-electron chi connectivity index (χ2n) is 5.91. The molecule has 0 saturated carbocycles. The summed E-state index contributed by atoms with van der Waals surface area (Å²) in [7, 11) is -1.75. The fourth-order valence-corrected chi connectivity index (χ4v) is 2.77. The van der Waals surface area contributed by atoms with Crippen LogP contribution in [-0.4, -0.2) is 13.3 Å². The van der Waals surface area contributed by atoms with Gasteiger partial charge in [0.2, 0.25) is 0 Å². The molecule has 0 radical (unpaired) electrons. The van der Waals surface area contributed by atoms with Gasteiger partial charge in [-0.25, -0.2) is 0 Å². The van der Waals surface area contributed by atoms with Crippen molar-refractivity contribution in [3.8, 4) is 5.75 Å². The summed E-state index contributed by atoms with van der Waals surface area (Å²) in [5, 5.41) is 1.03. The summed E-state index contributed by atoms with van der Waals surface area (Å²) in [6.45, 7) is 13.2. The molecule has 2 nitrogen and oxygen atoms in total. The van der Waals surface area contributed by atoms with Crippen LogP contribution in [0.5, 0.6) is 5.75 Å². The van der Waals surface area contributed by atoms with E-state index in [4.69, 9.17) is 4.43 Å². The maximum atomic E-state index is 6.22. The summed E-state index contributed by atoms with van der Waals surface area (Å²) >= 11 is 3.48. The molecule has 1 rings (SSSR count). The molecule has 0 amide bonds. The molecule has 17 heavy (non-hydrogen) atoms. The highest BCUT2D eigenvalue weighted by atomic mass is 79.9. The topological polar surface area (TPSA) is 22.1 Å². The molecule has 0 unspecified atom stereocenters. The van der Waals surface area contributed by atoms with Crippen LogP contribution in [0.25, 0.3) is 0 Å². The minimum atomic E-state index is -1.75. The molecule has 0 spiro atoms. The van der Waals surface area contributed by atoms with E-state index in [1.807, 2.05) is 13.1 Å². The lowest BCUT2D eigenvalue weighted by Crippen LogP contribution is -2.43. The highest BCUT2D eigenvalue weighted by Crippen LogP contribution is 2.37. The number of rotatable bonds is 3. The second kappa shape index (κ2) is 5.10. The first kappa shape index (κ1) is 14.7. The van der Waals surface area contributed by atoms with Gasteiger partial charge in [-0.1, -0.05) is 36.7 Å². The Hall–Kier alpha value is -0.353. The van der Waals surface area contributed by atoms with Gasteiger partial charge >= 0.3 is 0 Å². The predicted octanol–water partition coefficient (Wildman–Crippen LogP) is 4.67. The summed E-state index contributed by atoms with van der Waals surface area (Å²) in [5.74, 6) is 0.900. The molecule has 4 heteroatoms. The maximum absolute atomic E-state index is 6.22. The van der Waals surface area contributed by atoms with Crippen LogP contribution < -0.4 is 4.43 Å². The Balaban J connectivity index is 2.96. The van der Waals surface area contributed by atoms with Gasteiger partial charge in [0.05, 0.1) is 6.20 Å². The van der Waals surface area contributed by atoms with E-state index in [2.05, 4.69) is 60.8 Å². The third kappa shape index (κ3) is 3.55. The van der Waals surface area contributed by atoms with E-state index in [1.165, 1.54) is 5.56 Å². The molecule has 0 bridgehead atoms. The molecular weight excluding hydrogens is 294 g/mol. The quantitative estimate of drug-likeness (QED) is 0.597. The van der Waals surface area contributed by atoms with Gasteiger partial charge in [-0.2, -0.15) is 0 Å². The number of pyridine rings is 1. The van der Waals surface area contributed by atoms with Crippen molar-refractivity contribution in [1.82, 2.24) is 4.98 Å². The average molecular weight is 316 g/mol. The van der Waals surface area contributed by atoms with Gasteiger partial charge < -0.3 is 4.43 Å². The first-order valence-corrected chi connectivity index (χ1v) is 9.91. The minimum absolute atomic E-state index is 0.215. The van der Waals surface area contributed by atoms with Crippen molar-refractivity contribution in [2.75, 3.05) is 0 Å². The summed E-state index contributed by atoms with van der Waals surface area (Å²) in [5.41, 5.74) is 2.26. The maximum Gasteiger partial charge on any atom is 0.250 e. The summed E-state index contributed by atoms with van der Waals surface area (Å²) in [6, 6.07) is 2.09. The Kier molecular flexibility index (Phi) is 4.41. The zero-order valence-electron chi connectivity index (χ0n) is 11.6. The van der Waals surface area contributed by atoms with Gasteiger partial charge in [-0.15, -0.1) is 0 Å². The zero-order valence-corrected chi connectivity index (χ0v) is 14.2. The highest BCUT2D eigenvalue weighted by molar-refractivity contribution is 9.08. The van der Waals surface area contributed by atoms with Crippen LogP contribution in [0.2, 0.25) is 18.1 Å². The van der Waals surface area contributed by atoms with E-state index in [9.17, 15) is 0 Å². The van der Waals surface area contributed by atoms with Crippen molar-refractivity contribution in [3.05, 3.63) is 23.5 Å². The van der Waals surface area contributed by atoms with Crippen molar-refractivity contribution in [1.29, 1.82) is 0 Å². The molecule has 0 fully saturated rings. The van der Waals surface area contributed by atoms with E-state index in [1.54, 1.807) is 0 Å². The average Bonchev–Trinajstić information content (AvgIpc) is 2.19. The van der Waals surface area contributed by atoms with Gasteiger partial charge in [0.25, 0.3) is 8.32 Å².